The zero-order chi connectivity index (χ0) is 15.5. The smallest absolute Gasteiger partial charge is 0.127 e. The average molecular weight is 298 g/mol. The number of rotatable bonds is 5. The molecule has 0 radical (unpaired) electrons. The van der Waals surface area contributed by atoms with Gasteiger partial charge in [-0.15, -0.1) is 0 Å². The highest BCUT2D eigenvalue weighted by Crippen LogP contribution is 2.42. The largest absolute Gasteiger partial charge is 0.491 e. The zero-order valence-electron chi connectivity index (χ0n) is 13.4. The van der Waals surface area contributed by atoms with Gasteiger partial charge in [0.1, 0.15) is 24.7 Å². The van der Waals surface area contributed by atoms with E-state index in [1.54, 1.807) is 0 Å². The van der Waals surface area contributed by atoms with Crippen molar-refractivity contribution in [1.29, 1.82) is 0 Å². The molecule has 116 valence electrons. The summed E-state index contributed by atoms with van der Waals surface area (Å²) in [6.45, 7) is 8.75. The molecule has 0 atom stereocenters. The molecule has 22 heavy (non-hydrogen) atoms. The van der Waals surface area contributed by atoms with Crippen LogP contribution in [0, 0.1) is 13.8 Å². The SMILES string of the molecule is CCOCCOc1cc(C)c2c(c1)COc1cccc(C)c1-2. The van der Waals surface area contributed by atoms with Crippen LogP contribution in [0.1, 0.15) is 23.6 Å². The summed E-state index contributed by atoms with van der Waals surface area (Å²) in [6, 6.07) is 10.4. The quantitative estimate of drug-likeness (QED) is 0.771. The molecule has 0 aromatic heterocycles. The Morgan fingerprint density at radius 2 is 1.91 bits per heavy atom. The number of ether oxygens (including phenoxy) is 3. The number of aryl methyl sites for hydroxylation is 2. The maximum atomic E-state index is 5.90. The summed E-state index contributed by atoms with van der Waals surface area (Å²) in [5.41, 5.74) is 6.15. The summed E-state index contributed by atoms with van der Waals surface area (Å²) in [5, 5.41) is 0. The van der Waals surface area contributed by atoms with Crippen molar-refractivity contribution in [3.05, 3.63) is 47.0 Å². The van der Waals surface area contributed by atoms with E-state index in [0.717, 1.165) is 18.1 Å². The molecule has 0 aliphatic carbocycles. The number of benzene rings is 2. The fourth-order valence-corrected chi connectivity index (χ4v) is 2.98. The van der Waals surface area contributed by atoms with Gasteiger partial charge in [-0.2, -0.15) is 0 Å². The van der Waals surface area contributed by atoms with E-state index in [0.29, 0.717) is 19.8 Å². The first-order valence-corrected chi connectivity index (χ1v) is 7.77. The van der Waals surface area contributed by atoms with Gasteiger partial charge in [0.25, 0.3) is 0 Å². The van der Waals surface area contributed by atoms with Gasteiger partial charge < -0.3 is 14.2 Å². The van der Waals surface area contributed by atoms with Crippen molar-refractivity contribution >= 4 is 0 Å². The topological polar surface area (TPSA) is 27.7 Å². The lowest BCUT2D eigenvalue weighted by molar-refractivity contribution is 0.110. The highest BCUT2D eigenvalue weighted by atomic mass is 16.5. The van der Waals surface area contributed by atoms with Crippen LogP contribution >= 0.6 is 0 Å². The summed E-state index contributed by atoms with van der Waals surface area (Å²) in [7, 11) is 0. The van der Waals surface area contributed by atoms with Gasteiger partial charge in [0.15, 0.2) is 0 Å². The number of fused-ring (bicyclic) bond motifs is 3. The van der Waals surface area contributed by atoms with Gasteiger partial charge in [0, 0.05) is 17.7 Å². The third kappa shape index (κ3) is 2.81. The van der Waals surface area contributed by atoms with Gasteiger partial charge in [-0.1, -0.05) is 12.1 Å². The maximum Gasteiger partial charge on any atom is 0.127 e. The number of hydrogen-bond donors (Lipinski definition) is 0. The molecule has 3 heteroatoms. The van der Waals surface area contributed by atoms with E-state index in [4.69, 9.17) is 14.2 Å². The molecule has 2 aromatic carbocycles. The standard InChI is InChI=1S/C19H22O3/c1-4-20-8-9-21-16-10-14(3)18-15(11-16)12-22-17-7-5-6-13(2)19(17)18/h5-7,10-11H,4,8-9,12H2,1-3H3. The minimum atomic E-state index is 0.572. The van der Waals surface area contributed by atoms with Crippen LogP contribution in [0.15, 0.2) is 30.3 Å². The highest BCUT2D eigenvalue weighted by molar-refractivity contribution is 5.81. The third-order valence-corrected chi connectivity index (χ3v) is 3.96. The Labute approximate surface area is 131 Å². The molecule has 1 heterocycles. The van der Waals surface area contributed by atoms with E-state index >= 15 is 0 Å². The van der Waals surface area contributed by atoms with Crippen molar-refractivity contribution in [3.63, 3.8) is 0 Å². The van der Waals surface area contributed by atoms with E-state index in [1.807, 2.05) is 19.1 Å². The van der Waals surface area contributed by atoms with Crippen LogP contribution in [0.3, 0.4) is 0 Å². The van der Waals surface area contributed by atoms with Crippen LogP contribution in [-0.2, 0) is 11.3 Å². The summed E-state index contributed by atoms with van der Waals surface area (Å²) in [6.07, 6.45) is 0. The third-order valence-electron chi connectivity index (χ3n) is 3.96. The Balaban J connectivity index is 1.91. The molecule has 0 saturated carbocycles. The van der Waals surface area contributed by atoms with Crippen LogP contribution in [0.2, 0.25) is 0 Å². The Kier molecular flexibility index (Phi) is 4.34. The molecular formula is C19H22O3. The lowest BCUT2D eigenvalue weighted by atomic mass is 9.90. The van der Waals surface area contributed by atoms with Crippen LogP contribution in [0.4, 0.5) is 0 Å². The van der Waals surface area contributed by atoms with Gasteiger partial charge in [-0.3, -0.25) is 0 Å². The van der Waals surface area contributed by atoms with Crippen molar-refractivity contribution in [2.45, 2.75) is 27.4 Å². The summed E-state index contributed by atoms with van der Waals surface area (Å²) >= 11 is 0. The van der Waals surface area contributed by atoms with Crippen LogP contribution in [0.25, 0.3) is 11.1 Å². The van der Waals surface area contributed by atoms with Gasteiger partial charge >= 0.3 is 0 Å². The Morgan fingerprint density at radius 3 is 2.73 bits per heavy atom. The Morgan fingerprint density at radius 1 is 1.05 bits per heavy atom. The van der Waals surface area contributed by atoms with Crippen molar-refractivity contribution in [2.75, 3.05) is 19.8 Å². The van der Waals surface area contributed by atoms with Crippen molar-refractivity contribution in [3.8, 4) is 22.6 Å². The molecule has 1 aliphatic heterocycles. The van der Waals surface area contributed by atoms with Crippen molar-refractivity contribution < 1.29 is 14.2 Å². The fraction of sp³-hybridized carbons (Fsp3) is 0.368. The lowest BCUT2D eigenvalue weighted by Crippen LogP contribution is -2.10. The number of hydrogen-bond acceptors (Lipinski definition) is 3. The lowest BCUT2D eigenvalue weighted by Gasteiger charge is -2.25. The zero-order valence-corrected chi connectivity index (χ0v) is 13.4. The van der Waals surface area contributed by atoms with Gasteiger partial charge in [0.2, 0.25) is 0 Å². The molecule has 2 aromatic rings. The first-order valence-electron chi connectivity index (χ1n) is 7.77. The van der Waals surface area contributed by atoms with Gasteiger partial charge in [-0.05, 0) is 55.7 Å². The normalized spacial score (nSPS) is 12.3. The summed E-state index contributed by atoms with van der Waals surface area (Å²) in [5.74, 6) is 1.86. The second kappa shape index (κ2) is 6.41. The Bertz CT molecular complexity index is 677. The molecular weight excluding hydrogens is 276 g/mol. The van der Waals surface area contributed by atoms with E-state index < -0.39 is 0 Å². The second-order valence-corrected chi connectivity index (χ2v) is 5.56. The van der Waals surface area contributed by atoms with E-state index in [2.05, 4.69) is 32.0 Å². The monoisotopic (exact) mass is 298 g/mol. The predicted octanol–water partition coefficient (Wildman–Crippen LogP) is 4.28. The first-order chi connectivity index (χ1) is 10.7. The van der Waals surface area contributed by atoms with Gasteiger partial charge in [0.05, 0.1) is 6.61 Å². The molecule has 0 unspecified atom stereocenters. The first kappa shape index (κ1) is 14.9. The van der Waals surface area contributed by atoms with Crippen molar-refractivity contribution in [1.82, 2.24) is 0 Å². The van der Waals surface area contributed by atoms with Crippen LogP contribution in [-0.4, -0.2) is 19.8 Å². The molecule has 0 fully saturated rings. The van der Waals surface area contributed by atoms with Crippen LogP contribution < -0.4 is 9.47 Å². The Hall–Kier alpha value is -2.00. The minimum Gasteiger partial charge on any atom is -0.491 e. The van der Waals surface area contributed by atoms with E-state index in [-0.39, 0.29) is 0 Å². The molecule has 0 N–H and O–H groups in total. The average Bonchev–Trinajstić information content (AvgIpc) is 2.51. The molecule has 0 spiro atoms. The summed E-state index contributed by atoms with van der Waals surface area (Å²) in [4.78, 5) is 0. The second-order valence-electron chi connectivity index (χ2n) is 5.56. The molecule has 3 rings (SSSR count). The molecule has 0 amide bonds. The van der Waals surface area contributed by atoms with E-state index in [9.17, 15) is 0 Å². The highest BCUT2D eigenvalue weighted by Gasteiger charge is 2.21. The molecule has 0 saturated heterocycles. The maximum absolute atomic E-state index is 5.90. The predicted molar refractivity (Wildman–Crippen MR) is 87.7 cm³/mol. The fourth-order valence-electron chi connectivity index (χ4n) is 2.98. The summed E-state index contributed by atoms with van der Waals surface area (Å²) < 4.78 is 17.0. The van der Waals surface area contributed by atoms with Crippen molar-refractivity contribution in [2.24, 2.45) is 0 Å². The molecule has 1 aliphatic rings. The van der Waals surface area contributed by atoms with Crippen LogP contribution in [0.5, 0.6) is 11.5 Å². The van der Waals surface area contributed by atoms with Gasteiger partial charge in [-0.25, -0.2) is 0 Å². The molecule has 3 nitrogen and oxygen atoms in total. The minimum absolute atomic E-state index is 0.572. The van der Waals surface area contributed by atoms with E-state index in [1.165, 1.54) is 27.8 Å². The molecule has 0 bridgehead atoms.